The summed E-state index contributed by atoms with van der Waals surface area (Å²) in [5, 5.41) is 4.89. The molecular weight excluding hydrogens is 337 g/mol. The van der Waals surface area contributed by atoms with Crippen molar-refractivity contribution in [2.45, 2.75) is 32.4 Å². The van der Waals surface area contributed by atoms with Crippen LogP contribution in [0.2, 0.25) is 0 Å². The maximum atomic E-state index is 11.9. The number of amides is 2. The number of carbonyl (C=O) groups is 2. The summed E-state index contributed by atoms with van der Waals surface area (Å²) in [4.78, 5) is 22.9. The summed E-state index contributed by atoms with van der Waals surface area (Å²) in [5.41, 5.74) is 1.12. The minimum Gasteiger partial charge on any atom is -0.440 e. The van der Waals surface area contributed by atoms with Crippen molar-refractivity contribution in [3.63, 3.8) is 0 Å². The smallest absolute Gasteiger partial charge is 0.422 e. The lowest BCUT2D eigenvalue weighted by Crippen LogP contribution is -2.34. The third-order valence-electron chi connectivity index (χ3n) is 3.54. The first-order valence-corrected chi connectivity index (χ1v) is 7.98. The molecule has 0 radical (unpaired) electrons. The topological polar surface area (TPSA) is 67.4 Å². The van der Waals surface area contributed by atoms with Gasteiger partial charge in [-0.3, -0.25) is 4.79 Å². The minimum atomic E-state index is -4.57. The van der Waals surface area contributed by atoms with E-state index in [2.05, 4.69) is 29.2 Å². The van der Waals surface area contributed by atoms with E-state index in [9.17, 15) is 22.8 Å². The molecule has 0 saturated heterocycles. The number of ether oxygens (including phenoxy) is 1. The van der Waals surface area contributed by atoms with Crippen LogP contribution in [0.25, 0.3) is 0 Å². The van der Waals surface area contributed by atoms with E-state index in [1.807, 2.05) is 30.3 Å². The van der Waals surface area contributed by atoms with Crippen molar-refractivity contribution in [3.05, 3.63) is 35.9 Å². The number of rotatable bonds is 8. The van der Waals surface area contributed by atoms with Crippen molar-refractivity contribution in [1.29, 1.82) is 0 Å². The molecule has 0 heterocycles. The van der Waals surface area contributed by atoms with Crippen molar-refractivity contribution in [2.24, 2.45) is 5.92 Å². The third kappa shape index (κ3) is 8.97. The normalized spacial score (nSPS) is 12.6. The Labute approximate surface area is 144 Å². The van der Waals surface area contributed by atoms with Crippen LogP contribution in [0.4, 0.5) is 18.0 Å². The Hall–Kier alpha value is -2.25. The molecular formula is C17H23F3N2O3. The first-order chi connectivity index (χ1) is 11.7. The highest BCUT2D eigenvalue weighted by Crippen LogP contribution is 2.23. The quantitative estimate of drug-likeness (QED) is 0.748. The van der Waals surface area contributed by atoms with Crippen LogP contribution in [0.5, 0.6) is 0 Å². The minimum absolute atomic E-state index is 0.0409. The summed E-state index contributed by atoms with van der Waals surface area (Å²) in [5.74, 6) is 0.172. The summed E-state index contributed by atoms with van der Waals surface area (Å²) in [7, 11) is 0. The zero-order valence-electron chi connectivity index (χ0n) is 14.2. The van der Waals surface area contributed by atoms with Crippen LogP contribution in [0.1, 0.15) is 31.7 Å². The van der Waals surface area contributed by atoms with Gasteiger partial charge >= 0.3 is 12.3 Å². The highest BCUT2D eigenvalue weighted by Gasteiger charge is 2.29. The molecule has 5 nitrogen and oxygen atoms in total. The summed E-state index contributed by atoms with van der Waals surface area (Å²) < 4.78 is 39.6. The average Bonchev–Trinajstić information content (AvgIpc) is 2.53. The number of carbonyl (C=O) groups excluding carboxylic acids is 2. The Morgan fingerprint density at radius 2 is 1.76 bits per heavy atom. The maximum Gasteiger partial charge on any atom is 0.422 e. The van der Waals surface area contributed by atoms with Gasteiger partial charge in [-0.1, -0.05) is 44.2 Å². The molecule has 1 atom stereocenters. The second kappa shape index (κ2) is 9.90. The van der Waals surface area contributed by atoms with Crippen molar-refractivity contribution >= 4 is 12.0 Å². The number of nitrogens with one attached hydrogen (secondary N) is 2. The molecule has 1 aromatic carbocycles. The first-order valence-electron chi connectivity index (χ1n) is 7.98. The van der Waals surface area contributed by atoms with Gasteiger partial charge in [0.05, 0.1) is 0 Å². The van der Waals surface area contributed by atoms with Gasteiger partial charge in [0.15, 0.2) is 6.61 Å². The van der Waals surface area contributed by atoms with Gasteiger partial charge in [-0.05, 0) is 11.5 Å². The van der Waals surface area contributed by atoms with Crippen molar-refractivity contribution < 1.29 is 27.5 Å². The predicted molar refractivity (Wildman–Crippen MR) is 87.1 cm³/mol. The fourth-order valence-corrected chi connectivity index (χ4v) is 2.23. The van der Waals surface area contributed by atoms with E-state index >= 15 is 0 Å². The second-order valence-corrected chi connectivity index (χ2v) is 5.93. The van der Waals surface area contributed by atoms with Crippen LogP contribution < -0.4 is 10.6 Å². The van der Waals surface area contributed by atoms with E-state index < -0.39 is 18.9 Å². The van der Waals surface area contributed by atoms with Crippen LogP contribution in [-0.2, 0) is 9.53 Å². The van der Waals surface area contributed by atoms with Gasteiger partial charge in [0.2, 0.25) is 5.91 Å². The van der Waals surface area contributed by atoms with Crippen LogP contribution in [0, 0.1) is 5.92 Å². The first kappa shape index (κ1) is 20.8. The van der Waals surface area contributed by atoms with Crippen LogP contribution >= 0.6 is 0 Å². The summed E-state index contributed by atoms with van der Waals surface area (Å²) in [6.07, 6.45) is -5.81. The van der Waals surface area contributed by atoms with Crippen molar-refractivity contribution in [2.75, 3.05) is 19.7 Å². The molecule has 8 heteroatoms. The van der Waals surface area contributed by atoms with Gasteiger partial charge in [-0.25, -0.2) is 4.79 Å². The summed E-state index contributed by atoms with van der Waals surface area (Å²) in [6, 6.07) is 9.78. The molecule has 0 spiro atoms. The molecule has 2 N–H and O–H groups in total. The molecule has 140 valence electrons. The zero-order valence-corrected chi connectivity index (χ0v) is 14.2. The molecule has 0 aliphatic carbocycles. The SMILES string of the molecule is CC(C)C(CNC(=O)CCNC(=O)OCC(F)(F)F)c1ccccc1. The Morgan fingerprint density at radius 3 is 2.32 bits per heavy atom. The maximum absolute atomic E-state index is 11.9. The van der Waals surface area contributed by atoms with E-state index in [1.165, 1.54) is 0 Å². The standard InChI is InChI=1S/C17H23F3N2O3/c1-12(2)14(13-6-4-3-5-7-13)10-22-15(23)8-9-21-16(24)25-11-17(18,19)20/h3-7,12,14H,8-11H2,1-2H3,(H,21,24)(H,22,23). The number of alkyl halides is 3. The number of hydrogen-bond donors (Lipinski definition) is 2. The second-order valence-electron chi connectivity index (χ2n) is 5.93. The fraction of sp³-hybridized carbons (Fsp3) is 0.529. The Kier molecular flexibility index (Phi) is 8.24. The molecule has 1 rings (SSSR count). The largest absolute Gasteiger partial charge is 0.440 e. The molecule has 0 aliphatic rings. The van der Waals surface area contributed by atoms with Crippen LogP contribution in [-0.4, -0.2) is 37.9 Å². The van der Waals surface area contributed by atoms with Gasteiger partial charge in [0, 0.05) is 25.4 Å². The molecule has 1 unspecified atom stereocenters. The number of benzene rings is 1. The lowest BCUT2D eigenvalue weighted by atomic mass is 9.88. The van der Waals surface area contributed by atoms with E-state index in [1.54, 1.807) is 0 Å². The third-order valence-corrected chi connectivity index (χ3v) is 3.54. The summed E-state index contributed by atoms with van der Waals surface area (Å²) in [6.45, 7) is 2.81. The van der Waals surface area contributed by atoms with Gasteiger partial charge in [0.25, 0.3) is 0 Å². The van der Waals surface area contributed by atoms with Crippen LogP contribution in [0.3, 0.4) is 0 Å². The van der Waals surface area contributed by atoms with Crippen molar-refractivity contribution in [3.8, 4) is 0 Å². The van der Waals surface area contributed by atoms with Gasteiger partial charge in [0.1, 0.15) is 0 Å². The molecule has 0 aromatic heterocycles. The molecule has 0 bridgehead atoms. The Balaban J connectivity index is 2.31. The number of hydrogen-bond acceptors (Lipinski definition) is 3. The van der Waals surface area contributed by atoms with Gasteiger partial charge in [-0.2, -0.15) is 13.2 Å². The highest BCUT2D eigenvalue weighted by atomic mass is 19.4. The van der Waals surface area contributed by atoms with E-state index in [4.69, 9.17) is 0 Å². The molecule has 0 aliphatic heterocycles. The zero-order chi connectivity index (χ0) is 18.9. The van der Waals surface area contributed by atoms with Crippen molar-refractivity contribution in [1.82, 2.24) is 10.6 Å². The molecule has 1 aromatic rings. The predicted octanol–water partition coefficient (Wildman–Crippen LogP) is 3.22. The van der Waals surface area contributed by atoms with E-state index in [0.717, 1.165) is 5.56 Å². The van der Waals surface area contributed by atoms with E-state index in [0.29, 0.717) is 12.5 Å². The summed E-state index contributed by atoms with van der Waals surface area (Å²) >= 11 is 0. The highest BCUT2D eigenvalue weighted by molar-refractivity contribution is 5.77. The molecule has 25 heavy (non-hydrogen) atoms. The van der Waals surface area contributed by atoms with Crippen LogP contribution in [0.15, 0.2) is 30.3 Å². The average molecular weight is 360 g/mol. The monoisotopic (exact) mass is 360 g/mol. The van der Waals surface area contributed by atoms with E-state index in [-0.39, 0.29) is 24.8 Å². The fourth-order valence-electron chi connectivity index (χ4n) is 2.23. The number of halogens is 3. The van der Waals surface area contributed by atoms with Gasteiger partial charge in [-0.15, -0.1) is 0 Å². The number of alkyl carbamates (subject to hydrolysis) is 1. The lowest BCUT2D eigenvalue weighted by Gasteiger charge is -2.22. The molecule has 0 saturated carbocycles. The molecule has 2 amide bonds. The Bertz CT molecular complexity index is 548. The lowest BCUT2D eigenvalue weighted by molar-refractivity contribution is -0.160. The Morgan fingerprint density at radius 1 is 1.12 bits per heavy atom. The van der Waals surface area contributed by atoms with Gasteiger partial charge < -0.3 is 15.4 Å². The molecule has 0 fully saturated rings.